The number of rotatable bonds is 4. The van der Waals surface area contributed by atoms with Gasteiger partial charge in [0.1, 0.15) is 0 Å². The van der Waals surface area contributed by atoms with Crippen molar-refractivity contribution in [1.82, 2.24) is 0 Å². The predicted molar refractivity (Wildman–Crippen MR) is 60.5 cm³/mol. The second-order valence-electron chi connectivity index (χ2n) is 2.96. The molecule has 0 saturated carbocycles. The molecule has 0 aliphatic carbocycles. The van der Waals surface area contributed by atoms with Crippen molar-refractivity contribution >= 4 is 27.7 Å². The summed E-state index contributed by atoms with van der Waals surface area (Å²) < 4.78 is 25.7. The van der Waals surface area contributed by atoms with Crippen LogP contribution in [0.15, 0.2) is 18.2 Å². The van der Waals surface area contributed by atoms with Crippen molar-refractivity contribution in [2.45, 2.75) is 6.42 Å². The van der Waals surface area contributed by atoms with Gasteiger partial charge in [0, 0.05) is 5.33 Å². The van der Waals surface area contributed by atoms with Crippen LogP contribution in [0.3, 0.4) is 0 Å². The molecule has 0 heterocycles. The summed E-state index contributed by atoms with van der Waals surface area (Å²) in [5.74, 6) is -2.31. The molecule has 6 heteroatoms. The van der Waals surface area contributed by atoms with Gasteiger partial charge in [-0.3, -0.25) is 10.1 Å². The van der Waals surface area contributed by atoms with Crippen LogP contribution in [0.25, 0.3) is 6.08 Å². The number of nitro benzene ring substituents is 1. The standard InChI is InChI=1S/C10H8BrF2NO2/c11-4-2-1-3-7-5-8(12)9(13)6-10(7)14(15)16/h1,3,5-6H,2,4H2. The summed E-state index contributed by atoms with van der Waals surface area (Å²) in [7, 11) is 0. The minimum atomic E-state index is -1.22. The molecule has 0 aliphatic rings. The molecular weight excluding hydrogens is 284 g/mol. The van der Waals surface area contributed by atoms with Crippen molar-refractivity contribution in [3.05, 3.63) is 45.5 Å². The van der Waals surface area contributed by atoms with Gasteiger partial charge in [-0.2, -0.15) is 0 Å². The van der Waals surface area contributed by atoms with Crippen LogP contribution in [0.1, 0.15) is 12.0 Å². The monoisotopic (exact) mass is 291 g/mol. The number of hydrogen-bond acceptors (Lipinski definition) is 2. The molecule has 0 aliphatic heterocycles. The molecule has 0 fully saturated rings. The van der Waals surface area contributed by atoms with E-state index in [0.29, 0.717) is 17.8 Å². The molecule has 0 aromatic heterocycles. The highest BCUT2D eigenvalue weighted by Crippen LogP contribution is 2.23. The zero-order valence-corrected chi connectivity index (χ0v) is 9.71. The number of hydrogen-bond donors (Lipinski definition) is 0. The fourth-order valence-electron chi connectivity index (χ4n) is 1.12. The quantitative estimate of drug-likeness (QED) is 0.483. The molecule has 16 heavy (non-hydrogen) atoms. The average molecular weight is 292 g/mol. The van der Waals surface area contributed by atoms with Crippen LogP contribution in [-0.2, 0) is 0 Å². The Morgan fingerprint density at radius 2 is 2.00 bits per heavy atom. The lowest BCUT2D eigenvalue weighted by atomic mass is 10.1. The molecule has 1 aromatic carbocycles. The number of allylic oxidation sites excluding steroid dienone is 1. The fraction of sp³-hybridized carbons (Fsp3) is 0.200. The normalized spacial score (nSPS) is 10.9. The first-order chi connectivity index (χ1) is 7.56. The zero-order chi connectivity index (χ0) is 12.1. The van der Waals surface area contributed by atoms with Crippen molar-refractivity contribution in [2.75, 3.05) is 5.33 Å². The predicted octanol–water partition coefficient (Wildman–Crippen LogP) is 3.67. The minimum absolute atomic E-state index is 0.0600. The van der Waals surface area contributed by atoms with Gasteiger partial charge in [-0.25, -0.2) is 8.78 Å². The Kier molecular flexibility index (Phi) is 4.54. The molecule has 0 amide bonds. The lowest BCUT2D eigenvalue weighted by Crippen LogP contribution is -1.95. The van der Waals surface area contributed by atoms with E-state index in [2.05, 4.69) is 15.9 Å². The summed E-state index contributed by atoms with van der Waals surface area (Å²) in [5.41, 5.74) is -0.380. The van der Waals surface area contributed by atoms with Gasteiger partial charge in [0.15, 0.2) is 11.6 Å². The molecule has 0 atom stereocenters. The van der Waals surface area contributed by atoms with Gasteiger partial charge in [-0.15, -0.1) is 0 Å². The highest BCUT2D eigenvalue weighted by molar-refractivity contribution is 9.09. The molecule has 0 bridgehead atoms. The summed E-state index contributed by atoms with van der Waals surface area (Å²) in [6.07, 6.45) is 3.70. The summed E-state index contributed by atoms with van der Waals surface area (Å²) in [6.45, 7) is 0. The Morgan fingerprint density at radius 3 is 2.56 bits per heavy atom. The third kappa shape index (κ3) is 3.10. The van der Waals surface area contributed by atoms with Crippen LogP contribution < -0.4 is 0 Å². The highest BCUT2D eigenvalue weighted by Gasteiger charge is 2.16. The zero-order valence-electron chi connectivity index (χ0n) is 8.12. The Morgan fingerprint density at radius 1 is 1.38 bits per heavy atom. The van der Waals surface area contributed by atoms with Crippen molar-refractivity contribution in [2.24, 2.45) is 0 Å². The van der Waals surface area contributed by atoms with Gasteiger partial charge < -0.3 is 0 Å². The summed E-state index contributed by atoms with van der Waals surface area (Å²) >= 11 is 3.18. The minimum Gasteiger partial charge on any atom is -0.258 e. The van der Waals surface area contributed by atoms with E-state index >= 15 is 0 Å². The molecule has 86 valence electrons. The Labute approximate surface area is 99.1 Å². The number of nitrogens with zero attached hydrogens (tertiary/aromatic N) is 1. The van der Waals surface area contributed by atoms with Gasteiger partial charge in [0.05, 0.1) is 16.6 Å². The molecule has 1 rings (SSSR count). The van der Waals surface area contributed by atoms with Crippen molar-refractivity contribution < 1.29 is 13.7 Å². The Balaban J connectivity index is 3.14. The number of halogens is 3. The van der Waals surface area contributed by atoms with Crippen LogP contribution in [0, 0.1) is 21.7 Å². The number of alkyl halides is 1. The summed E-state index contributed by atoms with van der Waals surface area (Å²) in [6, 6.07) is 1.40. The second kappa shape index (κ2) is 5.69. The van der Waals surface area contributed by atoms with Crippen LogP contribution in [-0.4, -0.2) is 10.3 Å². The maximum Gasteiger partial charge on any atom is 0.279 e. The van der Waals surface area contributed by atoms with E-state index in [9.17, 15) is 18.9 Å². The molecule has 0 spiro atoms. The summed E-state index contributed by atoms with van der Waals surface area (Å²) in [5, 5.41) is 11.3. The Hall–Kier alpha value is -1.30. The third-order valence-corrected chi connectivity index (χ3v) is 2.30. The molecule has 0 unspecified atom stereocenters. The van der Waals surface area contributed by atoms with Crippen LogP contribution in [0.5, 0.6) is 0 Å². The molecule has 0 radical (unpaired) electrons. The first-order valence-electron chi connectivity index (χ1n) is 4.42. The largest absolute Gasteiger partial charge is 0.279 e. The third-order valence-electron chi connectivity index (χ3n) is 1.84. The molecular formula is C10H8BrF2NO2. The first-order valence-corrected chi connectivity index (χ1v) is 5.54. The average Bonchev–Trinajstić information content (AvgIpc) is 2.23. The lowest BCUT2D eigenvalue weighted by Gasteiger charge is -1.99. The van der Waals surface area contributed by atoms with E-state index in [4.69, 9.17) is 0 Å². The highest BCUT2D eigenvalue weighted by atomic mass is 79.9. The molecule has 1 aromatic rings. The first kappa shape index (κ1) is 12.8. The molecule has 0 N–H and O–H groups in total. The SMILES string of the molecule is O=[N+]([O-])c1cc(F)c(F)cc1C=CCCBr. The molecule has 3 nitrogen and oxygen atoms in total. The van der Waals surface area contributed by atoms with Crippen LogP contribution in [0.2, 0.25) is 0 Å². The smallest absolute Gasteiger partial charge is 0.258 e. The van der Waals surface area contributed by atoms with Gasteiger partial charge in [0.2, 0.25) is 0 Å². The second-order valence-corrected chi connectivity index (χ2v) is 3.76. The van der Waals surface area contributed by atoms with E-state index in [1.807, 2.05) is 0 Å². The van der Waals surface area contributed by atoms with E-state index in [-0.39, 0.29) is 5.56 Å². The van der Waals surface area contributed by atoms with Gasteiger partial charge >= 0.3 is 0 Å². The van der Waals surface area contributed by atoms with Crippen molar-refractivity contribution in [3.8, 4) is 0 Å². The van der Waals surface area contributed by atoms with Gasteiger partial charge in [0.25, 0.3) is 5.69 Å². The van der Waals surface area contributed by atoms with E-state index in [1.54, 1.807) is 6.08 Å². The van der Waals surface area contributed by atoms with E-state index in [0.717, 1.165) is 6.07 Å². The van der Waals surface area contributed by atoms with Crippen LogP contribution >= 0.6 is 15.9 Å². The van der Waals surface area contributed by atoms with E-state index in [1.165, 1.54) is 6.08 Å². The maximum atomic E-state index is 12.9. The molecule has 0 saturated heterocycles. The number of nitro groups is 1. The fourth-order valence-corrected chi connectivity index (χ4v) is 1.38. The summed E-state index contributed by atoms with van der Waals surface area (Å²) in [4.78, 5) is 9.85. The van der Waals surface area contributed by atoms with Crippen molar-refractivity contribution in [1.29, 1.82) is 0 Å². The van der Waals surface area contributed by atoms with Crippen LogP contribution in [0.4, 0.5) is 14.5 Å². The topological polar surface area (TPSA) is 43.1 Å². The van der Waals surface area contributed by atoms with Crippen molar-refractivity contribution in [3.63, 3.8) is 0 Å². The van der Waals surface area contributed by atoms with Gasteiger partial charge in [-0.05, 0) is 12.5 Å². The lowest BCUT2D eigenvalue weighted by molar-refractivity contribution is -0.385. The van der Waals surface area contributed by atoms with Gasteiger partial charge in [-0.1, -0.05) is 28.1 Å². The maximum absolute atomic E-state index is 12.9. The Bertz CT molecular complexity index is 435. The number of benzene rings is 1. The van der Waals surface area contributed by atoms with E-state index < -0.39 is 22.2 Å².